The van der Waals surface area contributed by atoms with E-state index in [1.54, 1.807) is 13.8 Å². The highest BCUT2D eigenvalue weighted by molar-refractivity contribution is 4.85. The molecule has 0 aromatic carbocycles. The van der Waals surface area contributed by atoms with E-state index in [2.05, 4.69) is 13.8 Å². The van der Waals surface area contributed by atoms with Gasteiger partial charge in [-0.1, -0.05) is 26.7 Å². The van der Waals surface area contributed by atoms with E-state index in [9.17, 15) is 5.11 Å². The third kappa shape index (κ3) is 3.21. The molecule has 0 radical (unpaired) electrons. The molecule has 0 saturated carbocycles. The van der Waals surface area contributed by atoms with E-state index in [0.29, 0.717) is 5.92 Å². The highest BCUT2D eigenvalue weighted by Crippen LogP contribution is 2.20. The van der Waals surface area contributed by atoms with Crippen LogP contribution in [0.3, 0.4) is 0 Å². The van der Waals surface area contributed by atoms with Crippen LogP contribution in [0, 0.1) is 5.92 Å². The Morgan fingerprint density at radius 2 is 1.64 bits per heavy atom. The van der Waals surface area contributed by atoms with Gasteiger partial charge in [-0.25, -0.2) is 0 Å². The first-order chi connectivity index (χ1) is 4.93. The maximum Gasteiger partial charge on any atom is 0.0744 e. The minimum Gasteiger partial charge on any atom is -0.389 e. The number of hydrogen-bond acceptors (Lipinski definition) is 2. The van der Waals surface area contributed by atoms with Crippen LogP contribution in [-0.2, 0) is 0 Å². The predicted molar refractivity (Wildman–Crippen MR) is 48.3 cm³/mol. The fourth-order valence-electron chi connectivity index (χ4n) is 1.37. The zero-order valence-electron chi connectivity index (χ0n) is 8.09. The fraction of sp³-hybridized carbons (Fsp3) is 1.00. The van der Waals surface area contributed by atoms with Crippen LogP contribution in [-0.4, -0.2) is 16.7 Å². The molecule has 0 aromatic heterocycles. The maximum absolute atomic E-state index is 9.59. The van der Waals surface area contributed by atoms with Gasteiger partial charge in [0.25, 0.3) is 0 Å². The van der Waals surface area contributed by atoms with Crippen LogP contribution in [0.2, 0.25) is 0 Å². The van der Waals surface area contributed by atoms with Crippen molar-refractivity contribution in [3.8, 4) is 0 Å². The van der Waals surface area contributed by atoms with Crippen molar-refractivity contribution in [2.24, 2.45) is 11.7 Å². The lowest BCUT2D eigenvalue weighted by Gasteiger charge is -2.31. The first kappa shape index (κ1) is 10.9. The minimum absolute atomic E-state index is 0.0995. The quantitative estimate of drug-likeness (QED) is 0.653. The van der Waals surface area contributed by atoms with Crippen molar-refractivity contribution in [1.29, 1.82) is 0 Å². The van der Waals surface area contributed by atoms with Crippen LogP contribution in [0.4, 0.5) is 0 Å². The highest BCUT2D eigenvalue weighted by Gasteiger charge is 2.28. The van der Waals surface area contributed by atoms with Crippen LogP contribution >= 0.6 is 0 Å². The summed E-state index contributed by atoms with van der Waals surface area (Å²) < 4.78 is 0. The first-order valence-electron chi connectivity index (χ1n) is 4.41. The zero-order valence-corrected chi connectivity index (χ0v) is 8.09. The number of rotatable bonds is 4. The molecule has 0 amide bonds. The van der Waals surface area contributed by atoms with Crippen LogP contribution < -0.4 is 5.73 Å². The molecule has 0 saturated heterocycles. The van der Waals surface area contributed by atoms with Gasteiger partial charge in [0.05, 0.1) is 5.60 Å². The number of hydrogen-bond donors (Lipinski definition) is 2. The Morgan fingerprint density at radius 3 is 1.73 bits per heavy atom. The summed E-state index contributed by atoms with van der Waals surface area (Å²) in [4.78, 5) is 0. The average molecular weight is 159 g/mol. The molecule has 3 N–H and O–H groups in total. The summed E-state index contributed by atoms with van der Waals surface area (Å²) in [5.74, 6) is 0.440. The van der Waals surface area contributed by atoms with Gasteiger partial charge in [0.2, 0.25) is 0 Å². The molecule has 1 unspecified atom stereocenters. The molecule has 0 heterocycles. The Morgan fingerprint density at radius 1 is 1.27 bits per heavy atom. The van der Waals surface area contributed by atoms with Crippen LogP contribution in [0.1, 0.15) is 40.5 Å². The van der Waals surface area contributed by atoms with Crippen molar-refractivity contribution in [3.63, 3.8) is 0 Å². The average Bonchev–Trinajstić information content (AvgIpc) is 1.88. The lowest BCUT2D eigenvalue weighted by Crippen LogP contribution is -2.47. The second-order valence-corrected chi connectivity index (χ2v) is 3.76. The summed E-state index contributed by atoms with van der Waals surface area (Å²) in [6.07, 6.45) is 2.09. The molecular weight excluding hydrogens is 138 g/mol. The molecule has 0 aliphatic carbocycles. The van der Waals surface area contributed by atoms with E-state index in [-0.39, 0.29) is 6.04 Å². The molecule has 11 heavy (non-hydrogen) atoms. The van der Waals surface area contributed by atoms with E-state index in [4.69, 9.17) is 5.73 Å². The van der Waals surface area contributed by atoms with Gasteiger partial charge in [0, 0.05) is 6.04 Å². The van der Waals surface area contributed by atoms with Gasteiger partial charge in [-0.2, -0.15) is 0 Å². The molecule has 0 rings (SSSR count). The van der Waals surface area contributed by atoms with Gasteiger partial charge in [-0.15, -0.1) is 0 Å². The van der Waals surface area contributed by atoms with Gasteiger partial charge >= 0.3 is 0 Å². The van der Waals surface area contributed by atoms with E-state index < -0.39 is 5.60 Å². The second kappa shape index (κ2) is 4.07. The van der Waals surface area contributed by atoms with E-state index in [1.165, 1.54) is 0 Å². The van der Waals surface area contributed by atoms with Gasteiger partial charge in [0.15, 0.2) is 0 Å². The molecule has 68 valence electrons. The topological polar surface area (TPSA) is 46.2 Å². The lowest BCUT2D eigenvalue weighted by molar-refractivity contribution is 0.0286. The normalized spacial score (nSPS) is 15.5. The van der Waals surface area contributed by atoms with Gasteiger partial charge in [0.1, 0.15) is 0 Å². The fourth-order valence-corrected chi connectivity index (χ4v) is 1.37. The van der Waals surface area contributed by atoms with Crippen molar-refractivity contribution in [3.05, 3.63) is 0 Å². The molecule has 0 fully saturated rings. The minimum atomic E-state index is -0.739. The van der Waals surface area contributed by atoms with Crippen molar-refractivity contribution in [1.82, 2.24) is 0 Å². The molecule has 0 spiro atoms. The smallest absolute Gasteiger partial charge is 0.0744 e. The maximum atomic E-state index is 9.59. The first-order valence-corrected chi connectivity index (χ1v) is 4.41. The molecule has 0 aliphatic rings. The van der Waals surface area contributed by atoms with Crippen LogP contribution in [0.25, 0.3) is 0 Å². The van der Waals surface area contributed by atoms with Crippen molar-refractivity contribution >= 4 is 0 Å². The Kier molecular flexibility index (Phi) is 4.04. The Hall–Kier alpha value is -0.0800. The third-order valence-electron chi connectivity index (χ3n) is 2.37. The van der Waals surface area contributed by atoms with Crippen molar-refractivity contribution < 1.29 is 5.11 Å². The van der Waals surface area contributed by atoms with Gasteiger partial charge in [-0.3, -0.25) is 0 Å². The Labute approximate surface area is 69.8 Å². The SMILES string of the molecule is CCC(CC)C(N)C(C)(C)O. The van der Waals surface area contributed by atoms with Crippen LogP contribution in [0.15, 0.2) is 0 Å². The van der Waals surface area contributed by atoms with Crippen molar-refractivity contribution in [2.75, 3.05) is 0 Å². The molecule has 0 bridgehead atoms. The Bertz CT molecular complexity index is 103. The third-order valence-corrected chi connectivity index (χ3v) is 2.37. The van der Waals surface area contributed by atoms with Gasteiger partial charge < -0.3 is 10.8 Å². The van der Waals surface area contributed by atoms with Gasteiger partial charge in [-0.05, 0) is 19.8 Å². The van der Waals surface area contributed by atoms with E-state index in [0.717, 1.165) is 12.8 Å². The van der Waals surface area contributed by atoms with E-state index >= 15 is 0 Å². The molecule has 0 aliphatic heterocycles. The molecule has 1 atom stereocenters. The van der Waals surface area contributed by atoms with E-state index in [1.807, 2.05) is 0 Å². The number of nitrogens with two attached hydrogens (primary N) is 1. The summed E-state index contributed by atoms with van der Waals surface area (Å²) in [5.41, 5.74) is 5.13. The summed E-state index contributed by atoms with van der Waals surface area (Å²) in [5, 5.41) is 9.59. The largest absolute Gasteiger partial charge is 0.389 e. The summed E-state index contributed by atoms with van der Waals surface area (Å²) in [6, 6.07) is -0.0995. The summed E-state index contributed by atoms with van der Waals surface area (Å²) >= 11 is 0. The standard InChI is InChI=1S/C9H21NO/c1-5-7(6-2)8(10)9(3,4)11/h7-8,11H,5-6,10H2,1-4H3. The van der Waals surface area contributed by atoms with Crippen LogP contribution in [0.5, 0.6) is 0 Å². The molecule has 0 aromatic rings. The Balaban J connectivity index is 4.09. The predicted octanol–water partition coefficient (Wildman–Crippen LogP) is 1.52. The van der Waals surface area contributed by atoms with Crippen molar-refractivity contribution in [2.45, 2.75) is 52.2 Å². The lowest BCUT2D eigenvalue weighted by atomic mass is 9.84. The summed E-state index contributed by atoms with van der Waals surface area (Å²) in [7, 11) is 0. The highest BCUT2D eigenvalue weighted by atomic mass is 16.3. The second-order valence-electron chi connectivity index (χ2n) is 3.76. The molecule has 2 nitrogen and oxygen atoms in total. The monoisotopic (exact) mass is 159 g/mol. The number of aliphatic hydroxyl groups is 1. The molecule has 2 heteroatoms. The summed E-state index contributed by atoms with van der Waals surface area (Å²) in [6.45, 7) is 7.77. The molecular formula is C9H21NO. The zero-order chi connectivity index (χ0) is 9.07.